The lowest BCUT2D eigenvalue weighted by Gasteiger charge is -2.29. The van der Waals surface area contributed by atoms with Crippen molar-refractivity contribution in [2.45, 2.75) is 57.0 Å². The third-order valence-corrected chi connectivity index (χ3v) is 7.40. The van der Waals surface area contributed by atoms with Crippen molar-refractivity contribution in [3.8, 4) is 0 Å². The van der Waals surface area contributed by atoms with Crippen molar-refractivity contribution in [2.24, 2.45) is 23.7 Å². The van der Waals surface area contributed by atoms with Crippen LogP contribution < -0.4 is 5.32 Å². The van der Waals surface area contributed by atoms with Gasteiger partial charge in [0.15, 0.2) is 0 Å². The number of imide groups is 1. The Morgan fingerprint density at radius 3 is 2.37 bits per heavy atom. The summed E-state index contributed by atoms with van der Waals surface area (Å²) in [5.41, 5.74) is 0.496. The normalized spacial score (nSPS) is 31.3. The summed E-state index contributed by atoms with van der Waals surface area (Å²) in [5.74, 6) is -1.49. The Balaban J connectivity index is 1.41. The Bertz CT molecular complexity index is 877. The molecule has 4 aliphatic rings. The van der Waals surface area contributed by atoms with Gasteiger partial charge in [-0.2, -0.15) is 0 Å². The number of rotatable bonds is 5. The van der Waals surface area contributed by atoms with Gasteiger partial charge >= 0.3 is 0 Å². The van der Waals surface area contributed by atoms with Gasteiger partial charge in [-0.25, -0.2) is 4.39 Å². The molecule has 3 aliphatic carbocycles. The first-order valence-electron chi connectivity index (χ1n) is 11.1. The van der Waals surface area contributed by atoms with E-state index in [4.69, 9.17) is 0 Å². The minimum absolute atomic E-state index is 0.0281. The molecular weight excluding hydrogens is 383 g/mol. The standard InChI is InChI=1S/C24H27FN2O3/c25-17-6-4-5-14(12-17)19(13-20(28)26-18-7-2-1-3-8-18)27-23(29)21-15-9-10-16(11-15)22(21)24(27)30/h4-6,9-10,12,15-16,18-19,21-22H,1-3,7-8,11,13H2,(H,26,28). The largest absolute Gasteiger partial charge is 0.353 e. The van der Waals surface area contributed by atoms with E-state index in [0.717, 1.165) is 32.1 Å². The molecule has 3 amide bonds. The van der Waals surface area contributed by atoms with Gasteiger partial charge in [-0.15, -0.1) is 0 Å². The zero-order chi connectivity index (χ0) is 20.8. The second kappa shape index (κ2) is 7.64. The first kappa shape index (κ1) is 19.5. The highest BCUT2D eigenvalue weighted by Crippen LogP contribution is 2.54. The fourth-order valence-corrected chi connectivity index (χ4v) is 6.01. The summed E-state index contributed by atoms with van der Waals surface area (Å²) >= 11 is 0. The Morgan fingerprint density at radius 2 is 1.73 bits per heavy atom. The van der Waals surface area contributed by atoms with Crippen LogP contribution in [0.4, 0.5) is 4.39 Å². The van der Waals surface area contributed by atoms with E-state index in [1.54, 1.807) is 12.1 Å². The van der Waals surface area contributed by atoms with Crippen molar-refractivity contribution < 1.29 is 18.8 Å². The van der Waals surface area contributed by atoms with Gasteiger partial charge in [-0.05, 0) is 48.8 Å². The van der Waals surface area contributed by atoms with E-state index in [-0.39, 0.29) is 53.9 Å². The van der Waals surface area contributed by atoms with Gasteiger partial charge in [0.25, 0.3) is 0 Å². The number of halogens is 1. The lowest BCUT2D eigenvalue weighted by molar-refractivity contribution is -0.144. The van der Waals surface area contributed by atoms with Crippen LogP contribution in [0.2, 0.25) is 0 Å². The van der Waals surface area contributed by atoms with Crippen molar-refractivity contribution in [1.82, 2.24) is 10.2 Å². The number of fused-ring (bicyclic) bond motifs is 5. The van der Waals surface area contributed by atoms with Gasteiger partial charge < -0.3 is 5.32 Å². The number of benzene rings is 1. The Hall–Kier alpha value is -2.50. The van der Waals surface area contributed by atoms with Crippen molar-refractivity contribution in [2.75, 3.05) is 0 Å². The van der Waals surface area contributed by atoms with Gasteiger partial charge in [0.1, 0.15) is 5.82 Å². The number of carbonyl (C=O) groups is 3. The van der Waals surface area contributed by atoms with Crippen molar-refractivity contribution in [3.63, 3.8) is 0 Å². The predicted molar refractivity (Wildman–Crippen MR) is 108 cm³/mol. The van der Waals surface area contributed by atoms with Crippen LogP contribution in [0.3, 0.4) is 0 Å². The molecule has 2 saturated carbocycles. The van der Waals surface area contributed by atoms with Crippen LogP contribution >= 0.6 is 0 Å². The highest BCUT2D eigenvalue weighted by Gasteiger charge is 2.60. The first-order chi connectivity index (χ1) is 14.5. The molecule has 5 nitrogen and oxygen atoms in total. The van der Waals surface area contributed by atoms with Gasteiger partial charge in [-0.1, -0.05) is 43.5 Å². The number of nitrogens with zero attached hydrogens (tertiary/aromatic N) is 1. The van der Waals surface area contributed by atoms with Crippen molar-refractivity contribution in [3.05, 3.63) is 47.8 Å². The van der Waals surface area contributed by atoms with Crippen molar-refractivity contribution >= 4 is 17.7 Å². The van der Waals surface area contributed by atoms with Gasteiger partial charge in [0, 0.05) is 6.04 Å². The Morgan fingerprint density at radius 1 is 1.07 bits per heavy atom. The second-order valence-electron chi connectivity index (χ2n) is 9.22. The van der Waals surface area contributed by atoms with E-state index in [2.05, 4.69) is 5.32 Å². The second-order valence-corrected chi connectivity index (χ2v) is 9.22. The summed E-state index contributed by atoms with van der Waals surface area (Å²) in [4.78, 5) is 40.8. The average molecular weight is 410 g/mol. The number of likely N-dealkylation sites (tertiary alicyclic amines) is 1. The van der Waals surface area contributed by atoms with Crippen LogP contribution in [0.5, 0.6) is 0 Å². The molecule has 1 saturated heterocycles. The van der Waals surface area contributed by atoms with Crippen LogP contribution in [0.15, 0.2) is 36.4 Å². The van der Waals surface area contributed by atoms with Crippen LogP contribution in [-0.2, 0) is 14.4 Å². The van der Waals surface area contributed by atoms with E-state index in [1.165, 1.54) is 23.5 Å². The molecule has 1 aromatic rings. The molecule has 3 fully saturated rings. The fourth-order valence-electron chi connectivity index (χ4n) is 6.01. The molecule has 5 atom stereocenters. The maximum absolute atomic E-state index is 14.0. The number of hydrogen-bond donors (Lipinski definition) is 1. The Labute approximate surface area is 175 Å². The maximum Gasteiger partial charge on any atom is 0.234 e. The van der Waals surface area contributed by atoms with E-state index in [0.29, 0.717) is 5.56 Å². The van der Waals surface area contributed by atoms with E-state index < -0.39 is 11.9 Å². The molecule has 0 radical (unpaired) electrons. The third-order valence-electron chi connectivity index (χ3n) is 7.40. The minimum atomic E-state index is -0.769. The van der Waals surface area contributed by atoms with Crippen LogP contribution in [-0.4, -0.2) is 28.7 Å². The summed E-state index contributed by atoms with van der Waals surface area (Å²) in [6.07, 6.45) is 10.2. The summed E-state index contributed by atoms with van der Waals surface area (Å²) < 4.78 is 14.0. The molecule has 1 N–H and O–H groups in total. The van der Waals surface area contributed by atoms with Gasteiger partial charge in [0.05, 0.1) is 24.3 Å². The summed E-state index contributed by atoms with van der Waals surface area (Å²) in [5, 5.41) is 3.07. The average Bonchev–Trinajstić information content (AvgIpc) is 3.41. The fraction of sp³-hybridized carbons (Fsp3) is 0.542. The number of hydrogen-bond acceptors (Lipinski definition) is 3. The minimum Gasteiger partial charge on any atom is -0.353 e. The molecule has 6 heteroatoms. The molecule has 30 heavy (non-hydrogen) atoms. The zero-order valence-corrected chi connectivity index (χ0v) is 16.9. The summed E-state index contributed by atoms with van der Waals surface area (Å²) in [6.45, 7) is 0. The van der Waals surface area contributed by atoms with Crippen molar-refractivity contribution in [1.29, 1.82) is 0 Å². The molecule has 0 aromatic heterocycles. The highest BCUT2D eigenvalue weighted by atomic mass is 19.1. The lowest BCUT2D eigenvalue weighted by atomic mass is 9.85. The molecule has 158 valence electrons. The lowest BCUT2D eigenvalue weighted by Crippen LogP contribution is -2.42. The van der Waals surface area contributed by atoms with E-state index in [1.807, 2.05) is 12.2 Å². The molecule has 5 rings (SSSR count). The van der Waals surface area contributed by atoms with Gasteiger partial charge in [0.2, 0.25) is 17.7 Å². The predicted octanol–water partition coefficient (Wildman–Crippen LogP) is 3.51. The summed E-state index contributed by atoms with van der Waals surface area (Å²) in [6, 6.07) is 5.30. The maximum atomic E-state index is 14.0. The van der Waals surface area contributed by atoms with Crippen LogP contribution in [0, 0.1) is 29.5 Å². The van der Waals surface area contributed by atoms with Crippen LogP contribution in [0.25, 0.3) is 0 Å². The summed E-state index contributed by atoms with van der Waals surface area (Å²) in [7, 11) is 0. The van der Waals surface area contributed by atoms with E-state index >= 15 is 0 Å². The third kappa shape index (κ3) is 3.26. The number of amides is 3. The quantitative estimate of drug-likeness (QED) is 0.597. The molecule has 5 unspecified atom stereocenters. The SMILES string of the molecule is O=C(CC(c1cccc(F)c1)N1C(=O)C2C3C=CC(C3)C2C1=O)NC1CCCCC1. The molecule has 0 spiro atoms. The topological polar surface area (TPSA) is 66.5 Å². The van der Waals surface area contributed by atoms with Gasteiger partial charge in [-0.3, -0.25) is 19.3 Å². The zero-order valence-electron chi connectivity index (χ0n) is 16.9. The Kier molecular flexibility index (Phi) is 4.95. The molecule has 1 aromatic carbocycles. The monoisotopic (exact) mass is 410 g/mol. The highest BCUT2D eigenvalue weighted by molar-refractivity contribution is 6.07. The number of carbonyl (C=O) groups excluding carboxylic acids is 3. The first-order valence-corrected chi connectivity index (χ1v) is 11.1. The van der Waals surface area contributed by atoms with E-state index in [9.17, 15) is 18.8 Å². The molecule has 1 aliphatic heterocycles. The van der Waals surface area contributed by atoms with Crippen LogP contribution in [0.1, 0.15) is 56.6 Å². The molecule has 1 heterocycles. The smallest absolute Gasteiger partial charge is 0.234 e. The molecule has 2 bridgehead atoms. The number of allylic oxidation sites excluding steroid dienone is 2. The molecular formula is C24H27FN2O3. The number of nitrogens with one attached hydrogen (secondary N) is 1.